The lowest BCUT2D eigenvalue weighted by Gasteiger charge is -2.29. The predicted molar refractivity (Wildman–Crippen MR) is 67.8 cm³/mol. The van der Waals surface area contributed by atoms with Crippen molar-refractivity contribution >= 4 is 22.9 Å². The number of hydrogen-bond donors (Lipinski definition) is 1. The van der Waals surface area contributed by atoms with Gasteiger partial charge >= 0.3 is 0 Å². The van der Waals surface area contributed by atoms with Crippen molar-refractivity contribution in [3.8, 4) is 6.07 Å². The zero-order chi connectivity index (χ0) is 12.3. The van der Waals surface area contributed by atoms with Gasteiger partial charge in [0.05, 0.1) is 17.7 Å². The molecule has 1 aromatic heterocycles. The Balaban J connectivity index is 2.25. The van der Waals surface area contributed by atoms with Gasteiger partial charge in [0.2, 0.25) is 0 Å². The fourth-order valence-electron chi connectivity index (χ4n) is 2.44. The molecule has 0 aliphatic heterocycles. The van der Waals surface area contributed by atoms with Crippen molar-refractivity contribution in [1.29, 1.82) is 5.26 Å². The molecule has 0 aromatic carbocycles. The molecule has 1 saturated carbocycles. The minimum absolute atomic E-state index is 0.556. The van der Waals surface area contributed by atoms with E-state index in [-0.39, 0.29) is 0 Å². The van der Waals surface area contributed by atoms with Crippen molar-refractivity contribution in [1.82, 2.24) is 4.98 Å². The van der Waals surface area contributed by atoms with Crippen molar-refractivity contribution in [2.75, 3.05) is 0 Å². The molecule has 1 aromatic rings. The molecular formula is C12H15ClN2OS. The summed E-state index contributed by atoms with van der Waals surface area (Å²) in [6.07, 6.45) is 6.54. The standard InChI is InChI=1S/C12H15ClN2OS/c13-9-7-15-11(17-9)10(16)12(8-14)5-3-1-2-4-6-12/h7,10,16H,1-6H2. The third-order valence-corrected chi connectivity index (χ3v) is 4.64. The Morgan fingerprint density at radius 1 is 1.41 bits per heavy atom. The van der Waals surface area contributed by atoms with Crippen LogP contribution in [0.3, 0.4) is 0 Å². The molecule has 3 nitrogen and oxygen atoms in total. The van der Waals surface area contributed by atoms with Gasteiger partial charge in [-0.2, -0.15) is 5.26 Å². The third kappa shape index (κ3) is 2.62. The topological polar surface area (TPSA) is 56.9 Å². The Morgan fingerprint density at radius 2 is 2.06 bits per heavy atom. The summed E-state index contributed by atoms with van der Waals surface area (Å²) >= 11 is 7.09. The molecule has 17 heavy (non-hydrogen) atoms. The molecule has 2 rings (SSSR count). The van der Waals surface area contributed by atoms with Gasteiger partial charge in [0, 0.05) is 0 Å². The average molecular weight is 271 g/mol. The SMILES string of the molecule is N#CC1(C(O)c2ncc(Cl)s2)CCCCCC1. The Labute approximate surface area is 110 Å². The van der Waals surface area contributed by atoms with Gasteiger partial charge in [0.15, 0.2) is 0 Å². The second kappa shape index (κ2) is 5.34. The first-order valence-corrected chi connectivity index (χ1v) is 7.08. The quantitative estimate of drug-likeness (QED) is 0.834. The molecule has 1 N–H and O–H groups in total. The summed E-state index contributed by atoms with van der Waals surface area (Å²) < 4.78 is 0.556. The van der Waals surface area contributed by atoms with Crippen LogP contribution in [0.2, 0.25) is 4.34 Å². The van der Waals surface area contributed by atoms with Gasteiger partial charge in [-0.15, -0.1) is 11.3 Å². The normalized spacial score (nSPS) is 21.5. The smallest absolute Gasteiger partial charge is 0.124 e. The lowest BCUT2D eigenvalue weighted by molar-refractivity contribution is 0.0514. The zero-order valence-corrected chi connectivity index (χ0v) is 11.1. The highest BCUT2D eigenvalue weighted by Crippen LogP contribution is 2.45. The summed E-state index contributed by atoms with van der Waals surface area (Å²) in [7, 11) is 0. The van der Waals surface area contributed by atoms with Crippen molar-refractivity contribution < 1.29 is 5.11 Å². The molecule has 1 aliphatic carbocycles. The van der Waals surface area contributed by atoms with Gasteiger partial charge in [0.25, 0.3) is 0 Å². The van der Waals surface area contributed by atoms with E-state index < -0.39 is 11.5 Å². The van der Waals surface area contributed by atoms with Crippen LogP contribution in [0, 0.1) is 16.7 Å². The first-order chi connectivity index (χ1) is 8.18. The highest BCUT2D eigenvalue weighted by molar-refractivity contribution is 7.15. The second-order valence-corrected chi connectivity index (χ2v) is 6.28. The molecule has 0 saturated heterocycles. The third-order valence-electron chi connectivity index (χ3n) is 3.47. The molecule has 1 heterocycles. The molecule has 0 radical (unpaired) electrons. The Bertz CT molecular complexity index is 418. The molecule has 5 heteroatoms. The summed E-state index contributed by atoms with van der Waals surface area (Å²) in [4.78, 5) is 4.10. The summed E-state index contributed by atoms with van der Waals surface area (Å²) in [6, 6.07) is 2.34. The lowest BCUT2D eigenvalue weighted by Crippen LogP contribution is -2.26. The summed E-state index contributed by atoms with van der Waals surface area (Å²) in [5, 5.41) is 20.4. The summed E-state index contributed by atoms with van der Waals surface area (Å²) in [6.45, 7) is 0. The van der Waals surface area contributed by atoms with E-state index in [4.69, 9.17) is 11.6 Å². The van der Waals surface area contributed by atoms with Crippen LogP contribution in [0.4, 0.5) is 0 Å². The molecule has 0 bridgehead atoms. The highest BCUT2D eigenvalue weighted by Gasteiger charge is 2.40. The minimum atomic E-state index is -0.803. The predicted octanol–water partition coefficient (Wildman–Crippen LogP) is 3.69. The van der Waals surface area contributed by atoms with Crippen LogP contribution in [0.5, 0.6) is 0 Å². The number of thiazole rings is 1. The molecule has 1 aliphatic rings. The van der Waals surface area contributed by atoms with Crippen molar-refractivity contribution in [3.05, 3.63) is 15.5 Å². The number of aliphatic hydroxyl groups excluding tert-OH is 1. The van der Waals surface area contributed by atoms with Crippen LogP contribution >= 0.6 is 22.9 Å². The molecule has 0 amide bonds. The molecule has 1 fully saturated rings. The number of aliphatic hydroxyl groups is 1. The van der Waals surface area contributed by atoms with Crippen LogP contribution in [-0.4, -0.2) is 10.1 Å². The van der Waals surface area contributed by atoms with E-state index in [1.165, 1.54) is 17.5 Å². The van der Waals surface area contributed by atoms with E-state index in [0.29, 0.717) is 9.34 Å². The zero-order valence-electron chi connectivity index (χ0n) is 9.53. The number of aromatic nitrogens is 1. The Morgan fingerprint density at radius 3 is 2.53 bits per heavy atom. The summed E-state index contributed by atoms with van der Waals surface area (Å²) in [5.41, 5.74) is -0.669. The van der Waals surface area contributed by atoms with Crippen LogP contribution in [0.15, 0.2) is 6.20 Å². The Kier molecular flexibility index (Phi) is 4.03. The van der Waals surface area contributed by atoms with Crippen molar-refractivity contribution in [2.24, 2.45) is 5.41 Å². The van der Waals surface area contributed by atoms with E-state index in [9.17, 15) is 10.4 Å². The maximum absolute atomic E-state index is 10.4. The van der Waals surface area contributed by atoms with E-state index in [1.54, 1.807) is 0 Å². The fourth-order valence-corrected chi connectivity index (χ4v) is 3.47. The van der Waals surface area contributed by atoms with Crippen LogP contribution < -0.4 is 0 Å². The monoisotopic (exact) mass is 270 g/mol. The minimum Gasteiger partial charge on any atom is -0.384 e. The summed E-state index contributed by atoms with van der Waals surface area (Å²) in [5.74, 6) is 0. The number of nitrogens with zero attached hydrogens (tertiary/aromatic N) is 2. The van der Waals surface area contributed by atoms with Crippen LogP contribution in [0.1, 0.15) is 49.6 Å². The van der Waals surface area contributed by atoms with E-state index in [2.05, 4.69) is 11.1 Å². The van der Waals surface area contributed by atoms with E-state index >= 15 is 0 Å². The van der Waals surface area contributed by atoms with Gasteiger partial charge in [-0.25, -0.2) is 4.98 Å². The molecular weight excluding hydrogens is 256 g/mol. The van der Waals surface area contributed by atoms with Crippen molar-refractivity contribution in [3.63, 3.8) is 0 Å². The van der Waals surface area contributed by atoms with E-state index in [1.807, 2.05) is 0 Å². The van der Waals surface area contributed by atoms with Gasteiger partial charge in [-0.1, -0.05) is 37.3 Å². The van der Waals surface area contributed by atoms with Crippen LogP contribution in [-0.2, 0) is 0 Å². The number of halogens is 1. The maximum atomic E-state index is 10.4. The first kappa shape index (κ1) is 12.8. The average Bonchev–Trinajstić information content (AvgIpc) is 2.64. The Hall–Kier alpha value is -0.630. The van der Waals surface area contributed by atoms with E-state index in [0.717, 1.165) is 38.5 Å². The molecule has 1 atom stereocenters. The lowest BCUT2D eigenvalue weighted by atomic mass is 9.77. The largest absolute Gasteiger partial charge is 0.384 e. The molecule has 0 spiro atoms. The number of rotatable bonds is 2. The highest BCUT2D eigenvalue weighted by atomic mass is 35.5. The maximum Gasteiger partial charge on any atom is 0.124 e. The van der Waals surface area contributed by atoms with Gasteiger partial charge in [-0.05, 0) is 12.8 Å². The molecule has 92 valence electrons. The first-order valence-electron chi connectivity index (χ1n) is 5.88. The molecule has 1 unspecified atom stereocenters. The fraction of sp³-hybridized carbons (Fsp3) is 0.667. The van der Waals surface area contributed by atoms with Gasteiger partial charge in [0.1, 0.15) is 15.4 Å². The number of nitriles is 1. The van der Waals surface area contributed by atoms with Crippen molar-refractivity contribution in [2.45, 2.75) is 44.6 Å². The number of hydrogen-bond acceptors (Lipinski definition) is 4. The van der Waals surface area contributed by atoms with Crippen LogP contribution in [0.25, 0.3) is 0 Å². The second-order valence-electron chi connectivity index (χ2n) is 4.59. The van der Waals surface area contributed by atoms with Gasteiger partial charge in [-0.3, -0.25) is 0 Å². The van der Waals surface area contributed by atoms with Gasteiger partial charge < -0.3 is 5.11 Å².